The van der Waals surface area contributed by atoms with Gasteiger partial charge < -0.3 is 10.1 Å². The minimum Gasteiger partial charge on any atom is -0.466 e. The van der Waals surface area contributed by atoms with E-state index in [0.29, 0.717) is 5.69 Å². The Morgan fingerprint density at radius 2 is 2.00 bits per heavy atom. The number of hydrogen-bond acceptors (Lipinski definition) is 6. The third-order valence-corrected chi connectivity index (χ3v) is 4.16. The van der Waals surface area contributed by atoms with E-state index in [2.05, 4.69) is 10.1 Å². The number of carbonyl (C=O) groups is 2. The summed E-state index contributed by atoms with van der Waals surface area (Å²) in [4.78, 5) is 36.0. The van der Waals surface area contributed by atoms with Crippen molar-refractivity contribution in [2.24, 2.45) is 0 Å². The number of ether oxygens (including phenoxy) is 1. The van der Waals surface area contributed by atoms with Gasteiger partial charge in [-0.3, -0.25) is 14.2 Å². The molecule has 0 unspecified atom stereocenters. The molecule has 0 aliphatic carbocycles. The predicted molar refractivity (Wildman–Crippen MR) is 88.7 cm³/mol. The van der Waals surface area contributed by atoms with E-state index in [1.165, 1.54) is 18.7 Å². The Bertz CT molecular complexity index is 997. The number of esters is 1. The first-order chi connectivity index (χ1) is 11.5. The maximum atomic E-state index is 12.7. The van der Waals surface area contributed by atoms with Gasteiger partial charge in [0, 0.05) is 13.1 Å². The summed E-state index contributed by atoms with van der Waals surface area (Å²) >= 11 is 0.875. The van der Waals surface area contributed by atoms with Crippen LogP contribution in [0, 0.1) is 11.3 Å². The number of hydrogen-bond donors (Lipinski definition) is 1. The molecule has 0 fully saturated rings. The van der Waals surface area contributed by atoms with E-state index >= 15 is 0 Å². The first-order valence-corrected chi connectivity index (χ1v) is 7.58. The summed E-state index contributed by atoms with van der Waals surface area (Å²) in [7, 11) is 2.58. The summed E-state index contributed by atoms with van der Waals surface area (Å²) in [6.45, 7) is 0. The van der Waals surface area contributed by atoms with E-state index in [-0.39, 0.29) is 14.8 Å². The number of benzene rings is 1. The van der Waals surface area contributed by atoms with E-state index in [4.69, 9.17) is 0 Å². The first-order valence-electron chi connectivity index (χ1n) is 6.77. The lowest BCUT2D eigenvalue weighted by atomic mass is 10.3. The molecule has 2 rings (SSSR count). The molecule has 0 spiro atoms. The number of nitrogens with one attached hydrogen (secondary N) is 1. The maximum Gasteiger partial charge on any atom is 0.332 e. The average Bonchev–Trinajstić information content (AvgIpc) is 2.92. The first kappa shape index (κ1) is 17.2. The third kappa shape index (κ3) is 3.26. The molecular weight excluding hydrogens is 330 g/mol. The number of aromatic nitrogens is 1. The Morgan fingerprint density at radius 3 is 2.54 bits per heavy atom. The van der Waals surface area contributed by atoms with Crippen LogP contribution in [0.25, 0.3) is 17.3 Å². The van der Waals surface area contributed by atoms with Crippen LogP contribution in [-0.4, -0.2) is 30.6 Å². The summed E-state index contributed by atoms with van der Waals surface area (Å²) in [6.07, 6.45) is 1.04. The highest BCUT2D eigenvalue weighted by molar-refractivity contribution is 7.07. The second kappa shape index (κ2) is 7.39. The van der Waals surface area contributed by atoms with Crippen LogP contribution in [0.5, 0.6) is 0 Å². The van der Waals surface area contributed by atoms with Crippen LogP contribution in [0.4, 0.5) is 0 Å². The van der Waals surface area contributed by atoms with Gasteiger partial charge in [-0.1, -0.05) is 18.2 Å². The van der Waals surface area contributed by atoms with E-state index in [0.717, 1.165) is 17.4 Å². The van der Waals surface area contributed by atoms with Crippen LogP contribution >= 0.6 is 11.3 Å². The Labute approximate surface area is 140 Å². The molecule has 8 heteroatoms. The van der Waals surface area contributed by atoms with Crippen molar-refractivity contribution in [3.63, 3.8) is 0 Å². The molecule has 0 bridgehead atoms. The fourth-order valence-corrected chi connectivity index (χ4v) is 3.01. The van der Waals surface area contributed by atoms with Crippen molar-refractivity contribution in [3.05, 3.63) is 49.9 Å². The van der Waals surface area contributed by atoms with Gasteiger partial charge in [0.25, 0.3) is 11.5 Å². The Balaban J connectivity index is 2.98. The van der Waals surface area contributed by atoms with Crippen LogP contribution in [0.2, 0.25) is 0 Å². The van der Waals surface area contributed by atoms with Crippen LogP contribution in [0.3, 0.4) is 0 Å². The van der Waals surface area contributed by atoms with E-state index in [1.54, 1.807) is 30.3 Å². The number of amides is 1. The van der Waals surface area contributed by atoms with Crippen molar-refractivity contribution in [2.45, 2.75) is 0 Å². The normalized spacial score (nSPS) is 12.3. The van der Waals surface area contributed by atoms with Gasteiger partial charge in [-0.05, 0) is 12.1 Å². The topological polar surface area (TPSA) is 101 Å². The molecule has 1 aromatic carbocycles. The number of thiazole rings is 1. The molecule has 0 saturated heterocycles. The van der Waals surface area contributed by atoms with Gasteiger partial charge in [0.15, 0.2) is 5.57 Å². The zero-order chi connectivity index (χ0) is 17.7. The minimum absolute atomic E-state index is 0.0670. The van der Waals surface area contributed by atoms with Gasteiger partial charge in [0.1, 0.15) is 15.3 Å². The molecule has 1 amide bonds. The predicted octanol–water partition coefficient (Wildman–Crippen LogP) is -0.727. The molecule has 0 atom stereocenters. The van der Waals surface area contributed by atoms with Crippen LogP contribution in [0.15, 0.2) is 35.1 Å². The lowest BCUT2D eigenvalue weighted by molar-refractivity contribution is -0.133. The molecule has 0 radical (unpaired) electrons. The van der Waals surface area contributed by atoms with Crippen LogP contribution in [-0.2, 0) is 14.3 Å². The number of nitriles is 1. The molecule has 0 saturated carbocycles. The average molecular weight is 343 g/mol. The fraction of sp³-hybridized carbons (Fsp3) is 0.125. The SMILES string of the molecule is CNC(=O)/C(C#N)=c1/s/c(=C\C(=O)OC)c(=O)n1-c1ccccc1. The van der Waals surface area contributed by atoms with Crippen LogP contribution < -0.4 is 20.1 Å². The van der Waals surface area contributed by atoms with Gasteiger partial charge in [-0.15, -0.1) is 11.3 Å². The Hall–Kier alpha value is -3.18. The summed E-state index contributed by atoms with van der Waals surface area (Å²) < 4.78 is 5.97. The fourth-order valence-electron chi connectivity index (χ4n) is 1.95. The molecule has 24 heavy (non-hydrogen) atoms. The second-order valence-corrected chi connectivity index (χ2v) is 5.51. The lowest BCUT2D eigenvalue weighted by Crippen LogP contribution is -2.33. The summed E-state index contributed by atoms with van der Waals surface area (Å²) in [6, 6.07) is 10.4. The van der Waals surface area contributed by atoms with E-state index < -0.39 is 17.4 Å². The molecule has 1 aromatic heterocycles. The molecule has 0 aliphatic heterocycles. The molecular formula is C16H13N3O4S. The van der Waals surface area contributed by atoms with Crippen molar-refractivity contribution < 1.29 is 14.3 Å². The van der Waals surface area contributed by atoms with Gasteiger partial charge in [0.05, 0.1) is 12.8 Å². The highest BCUT2D eigenvalue weighted by atomic mass is 32.1. The molecule has 122 valence electrons. The number of para-hydroxylation sites is 1. The standard InChI is InChI=1S/C16H13N3O4S/c1-18-14(21)11(9-17)16-19(10-6-4-3-5-7-10)15(22)12(24-16)8-13(20)23-2/h3-8H,1-2H3,(H,18,21)/b12-8-,16-11+. The van der Waals surface area contributed by atoms with Crippen molar-refractivity contribution >= 4 is 34.9 Å². The number of nitrogens with zero attached hydrogens (tertiary/aromatic N) is 2. The summed E-state index contributed by atoms with van der Waals surface area (Å²) in [5.41, 5.74) is -0.244. The molecule has 2 aromatic rings. The molecule has 1 N–H and O–H groups in total. The third-order valence-electron chi connectivity index (χ3n) is 3.07. The molecule has 0 aliphatic rings. The minimum atomic E-state index is -0.696. The summed E-state index contributed by atoms with van der Waals surface area (Å²) in [5, 5.41) is 11.7. The zero-order valence-corrected chi connectivity index (χ0v) is 13.7. The van der Waals surface area contributed by atoms with Gasteiger partial charge in [0.2, 0.25) is 0 Å². The van der Waals surface area contributed by atoms with Crippen molar-refractivity contribution in [1.82, 2.24) is 9.88 Å². The quantitative estimate of drug-likeness (QED) is 0.741. The lowest BCUT2D eigenvalue weighted by Gasteiger charge is -2.02. The Kier molecular flexibility index (Phi) is 5.29. The van der Waals surface area contributed by atoms with Crippen molar-refractivity contribution in [2.75, 3.05) is 14.2 Å². The van der Waals surface area contributed by atoms with Gasteiger partial charge in [-0.2, -0.15) is 5.26 Å². The number of rotatable bonds is 3. The van der Waals surface area contributed by atoms with Gasteiger partial charge >= 0.3 is 5.97 Å². The van der Waals surface area contributed by atoms with Gasteiger partial charge in [-0.25, -0.2) is 4.79 Å². The summed E-state index contributed by atoms with van der Waals surface area (Å²) in [5.74, 6) is -1.31. The number of methoxy groups -OCH3 is 1. The Morgan fingerprint density at radius 1 is 1.33 bits per heavy atom. The zero-order valence-electron chi connectivity index (χ0n) is 12.9. The highest BCUT2D eigenvalue weighted by Gasteiger charge is 2.16. The highest BCUT2D eigenvalue weighted by Crippen LogP contribution is 2.03. The maximum absolute atomic E-state index is 12.7. The molecule has 7 nitrogen and oxygen atoms in total. The number of carbonyl (C=O) groups excluding carboxylic acids is 2. The van der Waals surface area contributed by atoms with Crippen molar-refractivity contribution in [1.29, 1.82) is 5.26 Å². The van der Waals surface area contributed by atoms with Crippen molar-refractivity contribution in [3.8, 4) is 11.8 Å². The van der Waals surface area contributed by atoms with E-state index in [1.807, 2.05) is 6.07 Å². The largest absolute Gasteiger partial charge is 0.466 e. The van der Waals surface area contributed by atoms with E-state index in [9.17, 15) is 19.6 Å². The smallest absolute Gasteiger partial charge is 0.332 e. The second-order valence-electron chi connectivity index (χ2n) is 4.48. The monoisotopic (exact) mass is 343 g/mol. The molecule has 1 heterocycles. The van der Waals surface area contributed by atoms with Crippen LogP contribution in [0.1, 0.15) is 0 Å².